The summed E-state index contributed by atoms with van der Waals surface area (Å²) in [5, 5.41) is 11.4. The Kier molecular flexibility index (Phi) is 6.57. The molecule has 1 aliphatic heterocycles. The standard InChI is InChI=1S/C25H34F2N4O3/c1-24(2,3)22-29-19-14-17(21(32)30-12-8-18(9-13-30)28-23(33)34)4-5-20(19)31(22)15-16-6-10-25(26,27)11-7-16/h4-5,14,16,18,28H,6-13,15H2,1-3H3,(H,33,34). The van der Waals surface area contributed by atoms with Gasteiger partial charge in [0.1, 0.15) is 5.82 Å². The molecule has 2 N–H and O–H groups in total. The molecule has 2 aliphatic rings. The molecule has 1 saturated carbocycles. The molecule has 0 radical (unpaired) electrons. The summed E-state index contributed by atoms with van der Waals surface area (Å²) in [4.78, 5) is 30.6. The fourth-order valence-electron chi connectivity index (χ4n) is 5.15. The molecule has 2 heterocycles. The van der Waals surface area contributed by atoms with E-state index in [0.29, 0.717) is 50.9 Å². The van der Waals surface area contributed by atoms with Crippen LogP contribution in [0.25, 0.3) is 11.0 Å². The van der Waals surface area contributed by atoms with E-state index in [1.165, 1.54) is 0 Å². The molecule has 1 aromatic heterocycles. The molecule has 0 bridgehead atoms. The Morgan fingerprint density at radius 2 is 1.79 bits per heavy atom. The van der Waals surface area contributed by atoms with Crippen molar-refractivity contribution < 1.29 is 23.5 Å². The Morgan fingerprint density at radius 3 is 2.38 bits per heavy atom. The number of alkyl halides is 2. The second kappa shape index (κ2) is 9.15. The minimum absolute atomic E-state index is 0.0630. The molecule has 2 amide bonds. The average molecular weight is 477 g/mol. The number of likely N-dealkylation sites (tertiary alicyclic amines) is 1. The lowest BCUT2D eigenvalue weighted by molar-refractivity contribution is -0.0473. The number of carbonyl (C=O) groups is 2. The van der Waals surface area contributed by atoms with Gasteiger partial charge in [0.05, 0.1) is 11.0 Å². The van der Waals surface area contributed by atoms with Crippen LogP contribution < -0.4 is 5.32 Å². The Hall–Kier alpha value is -2.71. The second-order valence-electron chi connectivity index (χ2n) is 10.8. The highest BCUT2D eigenvalue weighted by atomic mass is 19.3. The van der Waals surface area contributed by atoms with Gasteiger partial charge in [0.15, 0.2) is 0 Å². The van der Waals surface area contributed by atoms with Crippen molar-refractivity contribution in [2.24, 2.45) is 5.92 Å². The number of rotatable bonds is 4. The number of halogens is 2. The Balaban J connectivity index is 1.55. The van der Waals surface area contributed by atoms with Crippen LogP contribution in [0, 0.1) is 5.92 Å². The van der Waals surface area contributed by atoms with Gasteiger partial charge in [-0.25, -0.2) is 18.6 Å². The summed E-state index contributed by atoms with van der Waals surface area (Å²) in [5.41, 5.74) is 1.97. The zero-order chi connectivity index (χ0) is 24.7. The molecule has 0 spiro atoms. The maximum Gasteiger partial charge on any atom is 0.404 e. The molecular formula is C25H34F2N4O3. The number of piperidine rings is 1. The minimum atomic E-state index is -2.55. The number of hydrogen-bond donors (Lipinski definition) is 2. The number of nitrogens with one attached hydrogen (secondary N) is 1. The van der Waals surface area contributed by atoms with Crippen molar-refractivity contribution in [3.8, 4) is 0 Å². The number of fused-ring (bicyclic) bond motifs is 1. The van der Waals surface area contributed by atoms with E-state index in [1.807, 2.05) is 18.2 Å². The van der Waals surface area contributed by atoms with E-state index in [4.69, 9.17) is 10.1 Å². The fourth-order valence-corrected chi connectivity index (χ4v) is 5.15. The van der Waals surface area contributed by atoms with E-state index in [0.717, 1.165) is 16.9 Å². The van der Waals surface area contributed by atoms with Crippen LogP contribution in [0.5, 0.6) is 0 Å². The summed E-state index contributed by atoms with van der Waals surface area (Å²) in [5.74, 6) is -1.56. The summed E-state index contributed by atoms with van der Waals surface area (Å²) in [6.07, 6.45) is 1.01. The van der Waals surface area contributed by atoms with Gasteiger partial charge in [-0.05, 0) is 49.8 Å². The molecule has 4 rings (SSSR count). The van der Waals surface area contributed by atoms with Crippen LogP contribution >= 0.6 is 0 Å². The second-order valence-corrected chi connectivity index (χ2v) is 10.8. The number of aromatic nitrogens is 2. The van der Waals surface area contributed by atoms with Crippen molar-refractivity contribution >= 4 is 23.0 Å². The van der Waals surface area contributed by atoms with Gasteiger partial charge in [0, 0.05) is 49.5 Å². The van der Waals surface area contributed by atoms with E-state index in [1.54, 1.807) is 4.90 Å². The Morgan fingerprint density at radius 1 is 1.15 bits per heavy atom. The quantitative estimate of drug-likeness (QED) is 0.648. The number of amides is 2. The van der Waals surface area contributed by atoms with E-state index in [-0.39, 0.29) is 36.1 Å². The first-order valence-corrected chi connectivity index (χ1v) is 12.1. The normalized spacial score (nSPS) is 20.0. The molecule has 186 valence electrons. The summed E-state index contributed by atoms with van der Waals surface area (Å²) in [6.45, 7) is 7.89. The fraction of sp³-hybridized carbons (Fsp3) is 0.640. The van der Waals surface area contributed by atoms with E-state index in [2.05, 4.69) is 30.7 Å². The van der Waals surface area contributed by atoms with Crippen molar-refractivity contribution in [3.05, 3.63) is 29.6 Å². The molecule has 0 unspecified atom stereocenters. The van der Waals surface area contributed by atoms with Gasteiger partial charge in [-0.3, -0.25) is 4.79 Å². The van der Waals surface area contributed by atoms with Crippen LogP contribution in [-0.4, -0.2) is 56.6 Å². The van der Waals surface area contributed by atoms with Crippen LogP contribution in [-0.2, 0) is 12.0 Å². The van der Waals surface area contributed by atoms with Gasteiger partial charge >= 0.3 is 6.09 Å². The first-order chi connectivity index (χ1) is 15.9. The average Bonchev–Trinajstić information content (AvgIpc) is 3.13. The highest BCUT2D eigenvalue weighted by Gasteiger charge is 2.36. The van der Waals surface area contributed by atoms with E-state index in [9.17, 15) is 18.4 Å². The molecule has 1 aromatic carbocycles. The van der Waals surface area contributed by atoms with Gasteiger partial charge in [-0.2, -0.15) is 0 Å². The van der Waals surface area contributed by atoms with Crippen molar-refractivity contribution in [2.75, 3.05) is 13.1 Å². The van der Waals surface area contributed by atoms with Crippen LogP contribution in [0.2, 0.25) is 0 Å². The van der Waals surface area contributed by atoms with Crippen molar-refractivity contribution in [3.63, 3.8) is 0 Å². The number of imidazole rings is 1. The van der Waals surface area contributed by atoms with Gasteiger partial charge in [-0.15, -0.1) is 0 Å². The van der Waals surface area contributed by atoms with E-state index >= 15 is 0 Å². The lowest BCUT2D eigenvalue weighted by Gasteiger charge is -2.32. The third-order valence-electron chi connectivity index (χ3n) is 7.05. The third kappa shape index (κ3) is 5.33. The van der Waals surface area contributed by atoms with Crippen molar-refractivity contribution in [2.45, 2.75) is 83.2 Å². The van der Waals surface area contributed by atoms with Crippen LogP contribution in [0.3, 0.4) is 0 Å². The number of benzene rings is 1. The SMILES string of the molecule is CC(C)(C)c1nc2cc(C(=O)N3CCC(NC(=O)O)CC3)ccc2n1CC1CCC(F)(F)CC1. The van der Waals surface area contributed by atoms with Crippen LogP contribution in [0.4, 0.5) is 13.6 Å². The zero-order valence-corrected chi connectivity index (χ0v) is 20.1. The lowest BCUT2D eigenvalue weighted by Crippen LogP contribution is -2.46. The molecule has 0 atom stereocenters. The predicted molar refractivity (Wildman–Crippen MR) is 125 cm³/mol. The summed E-state index contributed by atoms with van der Waals surface area (Å²) in [7, 11) is 0. The first kappa shape index (κ1) is 24.4. The maximum absolute atomic E-state index is 13.6. The Labute approximate surface area is 198 Å². The highest BCUT2D eigenvalue weighted by Crippen LogP contribution is 2.38. The first-order valence-electron chi connectivity index (χ1n) is 12.1. The lowest BCUT2D eigenvalue weighted by atomic mass is 9.86. The molecule has 2 aromatic rings. The van der Waals surface area contributed by atoms with Crippen LogP contribution in [0.15, 0.2) is 18.2 Å². The van der Waals surface area contributed by atoms with Gasteiger partial charge in [0.25, 0.3) is 5.91 Å². The number of hydrogen-bond acceptors (Lipinski definition) is 3. The molecule has 9 heteroatoms. The molecular weight excluding hydrogens is 442 g/mol. The Bertz CT molecular complexity index is 1060. The summed E-state index contributed by atoms with van der Waals surface area (Å²) in [6, 6.07) is 5.42. The van der Waals surface area contributed by atoms with Gasteiger partial charge in [0.2, 0.25) is 5.92 Å². The monoisotopic (exact) mass is 476 g/mol. The number of nitrogens with zero attached hydrogens (tertiary/aromatic N) is 3. The molecule has 34 heavy (non-hydrogen) atoms. The zero-order valence-electron chi connectivity index (χ0n) is 20.1. The smallest absolute Gasteiger partial charge is 0.404 e. The van der Waals surface area contributed by atoms with Crippen molar-refractivity contribution in [1.29, 1.82) is 0 Å². The number of carbonyl (C=O) groups excluding carboxylic acids is 1. The van der Waals surface area contributed by atoms with Gasteiger partial charge in [-0.1, -0.05) is 20.8 Å². The minimum Gasteiger partial charge on any atom is -0.465 e. The van der Waals surface area contributed by atoms with E-state index < -0.39 is 12.0 Å². The topological polar surface area (TPSA) is 87.5 Å². The molecule has 7 nitrogen and oxygen atoms in total. The number of carboxylic acid groups (broad SMARTS) is 1. The maximum atomic E-state index is 13.6. The van der Waals surface area contributed by atoms with Crippen LogP contribution in [0.1, 0.15) is 75.5 Å². The van der Waals surface area contributed by atoms with Gasteiger partial charge < -0.3 is 19.9 Å². The summed E-state index contributed by atoms with van der Waals surface area (Å²) >= 11 is 0. The van der Waals surface area contributed by atoms with Crippen molar-refractivity contribution in [1.82, 2.24) is 19.8 Å². The molecule has 1 saturated heterocycles. The summed E-state index contributed by atoms with van der Waals surface area (Å²) < 4.78 is 29.4. The molecule has 1 aliphatic carbocycles. The third-order valence-corrected chi connectivity index (χ3v) is 7.05. The largest absolute Gasteiger partial charge is 0.465 e. The highest BCUT2D eigenvalue weighted by molar-refractivity contribution is 5.97. The predicted octanol–water partition coefficient (Wildman–Crippen LogP) is 5.03. The molecule has 2 fully saturated rings.